The van der Waals surface area contributed by atoms with Crippen molar-refractivity contribution in [2.45, 2.75) is 25.5 Å². The molecular weight excluding hydrogens is 324 g/mol. The van der Waals surface area contributed by atoms with Crippen molar-refractivity contribution >= 4 is 23.4 Å². The fourth-order valence-electron chi connectivity index (χ4n) is 3.60. The van der Waals surface area contributed by atoms with E-state index in [1.165, 1.54) is 9.80 Å². The highest BCUT2D eigenvalue weighted by Gasteiger charge is 2.56. The van der Waals surface area contributed by atoms with Crippen LogP contribution in [0.15, 0.2) is 30.0 Å². The van der Waals surface area contributed by atoms with Crippen molar-refractivity contribution in [1.82, 2.24) is 9.80 Å². The number of aliphatic hydroxyl groups is 1. The highest BCUT2D eigenvalue weighted by atomic mass is 16.4. The number of fused-ring (bicyclic) bond motifs is 1. The number of carboxylic acid groups (broad SMARTS) is 1. The van der Waals surface area contributed by atoms with Gasteiger partial charge in [0.2, 0.25) is 5.91 Å². The molecule has 0 aliphatic carbocycles. The van der Waals surface area contributed by atoms with Crippen LogP contribution < -0.4 is 0 Å². The third kappa shape index (κ3) is 2.60. The molecule has 0 spiro atoms. The van der Waals surface area contributed by atoms with Gasteiger partial charge in [0.1, 0.15) is 5.70 Å². The minimum atomic E-state index is -1.16. The first-order valence-electron chi connectivity index (χ1n) is 8.03. The van der Waals surface area contributed by atoms with E-state index in [9.17, 15) is 24.6 Å². The minimum absolute atomic E-state index is 0.0291. The average Bonchev–Trinajstić information content (AvgIpc) is 2.89. The molecular formula is C18H20N2O5. The quantitative estimate of drug-likeness (QED) is 0.787. The van der Waals surface area contributed by atoms with Crippen LogP contribution in [-0.4, -0.2) is 64.0 Å². The number of aliphatic carboxylic acids is 1. The first-order chi connectivity index (χ1) is 11.7. The first kappa shape index (κ1) is 17.2. The fourth-order valence-corrected chi connectivity index (χ4v) is 3.60. The highest BCUT2D eigenvalue weighted by Crippen LogP contribution is 2.46. The molecule has 1 saturated heterocycles. The molecule has 132 valence electrons. The van der Waals surface area contributed by atoms with Gasteiger partial charge in [-0.15, -0.1) is 0 Å². The maximum absolute atomic E-state index is 12.2. The third-order valence-corrected chi connectivity index (χ3v) is 4.82. The molecule has 0 saturated carbocycles. The molecule has 2 aliphatic rings. The number of aliphatic hydroxyl groups excluding tert-OH is 1. The fraction of sp³-hybridized carbons (Fsp3) is 0.389. The standard InChI is InChI=1S/C18H20N2O5/c1-9(21)14-13-8-12(15(18(24)25)20(13)17(14)23)10-4-6-11(7-5-10)16(22)19(2)3/h4-7,9,13-14,21H,8H2,1-3H3,(H,24,25)/t9-,13?,14?/m1/s1. The summed E-state index contributed by atoms with van der Waals surface area (Å²) in [7, 11) is 3.32. The zero-order valence-electron chi connectivity index (χ0n) is 14.3. The van der Waals surface area contributed by atoms with Gasteiger partial charge in [-0.1, -0.05) is 12.1 Å². The molecule has 1 aromatic carbocycles. The van der Waals surface area contributed by atoms with E-state index >= 15 is 0 Å². The van der Waals surface area contributed by atoms with Crippen molar-refractivity contribution in [2.24, 2.45) is 5.92 Å². The number of nitrogens with zero attached hydrogens (tertiary/aromatic N) is 2. The number of carboxylic acids is 1. The second-order valence-corrected chi connectivity index (χ2v) is 6.66. The van der Waals surface area contributed by atoms with Gasteiger partial charge in [-0.25, -0.2) is 4.79 Å². The summed E-state index contributed by atoms with van der Waals surface area (Å²) in [6.07, 6.45) is -0.438. The monoisotopic (exact) mass is 344 g/mol. The lowest BCUT2D eigenvalue weighted by atomic mass is 9.82. The van der Waals surface area contributed by atoms with Gasteiger partial charge in [0, 0.05) is 19.7 Å². The van der Waals surface area contributed by atoms with Crippen LogP contribution in [0.25, 0.3) is 5.57 Å². The Balaban J connectivity index is 1.95. The van der Waals surface area contributed by atoms with Gasteiger partial charge in [0.05, 0.1) is 18.1 Å². The highest BCUT2D eigenvalue weighted by molar-refractivity contribution is 6.06. The maximum atomic E-state index is 12.2. The van der Waals surface area contributed by atoms with E-state index in [1.807, 2.05) is 0 Å². The van der Waals surface area contributed by atoms with Gasteiger partial charge in [-0.2, -0.15) is 0 Å². The summed E-state index contributed by atoms with van der Waals surface area (Å²) in [5.41, 5.74) is 1.70. The Hall–Kier alpha value is -2.67. The summed E-state index contributed by atoms with van der Waals surface area (Å²) in [6, 6.07) is 6.36. The predicted molar refractivity (Wildman–Crippen MR) is 89.4 cm³/mol. The van der Waals surface area contributed by atoms with Gasteiger partial charge < -0.3 is 20.0 Å². The molecule has 0 aromatic heterocycles. The summed E-state index contributed by atoms with van der Waals surface area (Å²) in [4.78, 5) is 38.6. The molecule has 2 aliphatic heterocycles. The lowest BCUT2D eigenvalue weighted by Crippen LogP contribution is -2.61. The summed E-state index contributed by atoms with van der Waals surface area (Å²) >= 11 is 0. The number of carbonyl (C=O) groups excluding carboxylic acids is 2. The molecule has 2 unspecified atom stereocenters. The Bertz CT molecular complexity index is 779. The average molecular weight is 344 g/mol. The minimum Gasteiger partial charge on any atom is -0.477 e. The van der Waals surface area contributed by atoms with E-state index in [-0.39, 0.29) is 23.6 Å². The van der Waals surface area contributed by atoms with Crippen LogP contribution in [-0.2, 0) is 9.59 Å². The summed E-state index contributed by atoms with van der Waals surface area (Å²) < 4.78 is 0. The molecule has 1 fully saturated rings. The largest absolute Gasteiger partial charge is 0.477 e. The van der Waals surface area contributed by atoms with Gasteiger partial charge in [-0.05, 0) is 36.6 Å². The van der Waals surface area contributed by atoms with Crippen molar-refractivity contribution in [3.05, 3.63) is 41.1 Å². The first-order valence-corrected chi connectivity index (χ1v) is 8.03. The van der Waals surface area contributed by atoms with E-state index in [2.05, 4.69) is 0 Å². The van der Waals surface area contributed by atoms with Crippen molar-refractivity contribution in [3.63, 3.8) is 0 Å². The Morgan fingerprint density at radius 1 is 1.24 bits per heavy atom. The number of carbonyl (C=O) groups is 3. The number of rotatable bonds is 4. The molecule has 7 nitrogen and oxygen atoms in total. The molecule has 0 bridgehead atoms. The van der Waals surface area contributed by atoms with Crippen LogP contribution in [0.3, 0.4) is 0 Å². The number of hydrogen-bond acceptors (Lipinski definition) is 4. The maximum Gasteiger partial charge on any atom is 0.352 e. The Morgan fingerprint density at radius 3 is 2.32 bits per heavy atom. The topological polar surface area (TPSA) is 98.1 Å². The summed E-state index contributed by atoms with van der Waals surface area (Å²) in [5, 5.41) is 19.3. The smallest absolute Gasteiger partial charge is 0.352 e. The van der Waals surface area contributed by atoms with Crippen molar-refractivity contribution in [2.75, 3.05) is 14.1 Å². The SMILES string of the molecule is C[C@@H](O)C1C(=O)N2C(C(=O)O)=C(c3ccc(C(=O)N(C)C)cc3)CC12. The zero-order chi connectivity index (χ0) is 18.5. The number of benzene rings is 1. The molecule has 2 amide bonds. The van der Waals surface area contributed by atoms with Gasteiger partial charge in [-0.3, -0.25) is 9.59 Å². The van der Waals surface area contributed by atoms with E-state index < -0.39 is 18.0 Å². The van der Waals surface area contributed by atoms with Crippen LogP contribution in [0.1, 0.15) is 29.3 Å². The van der Waals surface area contributed by atoms with Crippen LogP contribution in [0.4, 0.5) is 0 Å². The molecule has 3 atom stereocenters. The lowest BCUT2D eigenvalue weighted by Gasteiger charge is -2.44. The normalized spacial score (nSPS) is 23.2. The Labute approximate surface area is 145 Å². The molecule has 0 radical (unpaired) electrons. The predicted octanol–water partition coefficient (Wildman–Crippen LogP) is 0.796. The van der Waals surface area contributed by atoms with E-state index in [4.69, 9.17) is 0 Å². The molecule has 25 heavy (non-hydrogen) atoms. The molecule has 2 N–H and O–H groups in total. The summed E-state index contributed by atoms with van der Waals surface area (Å²) in [6.45, 7) is 1.54. The van der Waals surface area contributed by atoms with E-state index in [1.54, 1.807) is 45.3 Å². The third-order valence-electron chi connectivity index (χ3n) is 4.82. The van der Waals surface area contributed by atoms with E-state index in [0.717, 1.165) is 0 Å². The van der Waals surface area contributed by atoms with Gasteiger partial charge in [0.15, 0.2) is 0 Å². The van der Waals surface area contributed by atoms with Crippen LogP contribution >= 0.6 is 0 Å². The number of amides is 2. The summed E-state index contributed by atoms with van der Waals surface area (Å²) in [5.74, 6) is -2.23. The number of β-lactam (4-membered cyclic amide) rings is 1. The van der Waals surface area contributed by atoms with Crippen molar-refractivity contribution in [1.29, 1.82) is 0 Å². The van der Waals surface area contributed by atoms with Crippen molar-refractivity contribution < 1.29 is 24.6 Å². The van der Waals surface area contributed by atoms with Gasteiger partial charge in [0.25, 0.3) is 5.91 Å². The van der Waals surface area contributed by atoms with Crippen LogP contribution in [0, 0.1) is 5.92 Å². The molecule has 3 rings (SSSR count). The molecule has 7 heteroatoms. The van der Waals surface area contributed by atoms with Gasteiger partial charge >= 0.3 is 5.97 Å². The Morgan fingerprint density at radius 2 is 1.84 bits per heavy atom. The molecule has 2 heterocycles. The zero-order valence-corrected chi connectivity index (χ0v) is 14.3. The second kappa shape index (κ2) is 6.00. The number of hydrogen-bond donors (Lipinski definition) is 2. The van der Waals surface area contributed by atoms with E-state index in [0.29, 0.717) is 23.1 Å². The lowest BCUT2D eigenvalue weighted by molar-refractivity contribution is -0.161. The second-order valence-electron chi connectivity index (χ2n) is 6.66. The Kier molecular flexibility index (Phi) is 4.12. The van der Waals surface area contributed by atoms with Crippen LogP contribution in [0.2, 0.25) is 0 Å². The van der Waals surface area contributed by atoms with Crippen LogP contribution in [0.5, 0.6) is 0 Å². The molecule has 1 aromatic rings. The van der Waals surface area contributed by atoms with Crippen molar-refractivity contribution in [3.8, 4) is 0 Å².